The van der Waals surface area contributed by atoms with Crippen LogP contribution in [-0.2, 0) is 5.75 Å². The molecule has 0 bridgehead atoms. The Balaban J connectivity index is 2.19. The Morgan fingerprint density at radius 1 is 1.50 bits per heavy atom. The van der Waals surface area contributed by atoms with Crippen molar-refractivity contribution in [3.63, 3.8) is 0 Å². The van der Waals surface area contributed by atoms with Crippen LogP contribution in [0, 0.1) is 23.8 Å². The lowest BCUT2D eigenvalue weighted by atomic mass is 10.4. The van der Waals surface area contributed by atoms with Gasteiger partial charge >= 0.3 is 0 Å². The number of hydrogen-bond donors (Lipinski definition) is 2. The lowest BCUT2D eigenvalue weighted by Gasteiger charge is -2.07. The molecular formula is C14H17N5S. The van der Waals surface area contributed by atoms with Crippen molar-refractivity contribution >= 4 is 17.7 Å². The maximum absolute atomic E-state index is 8.61. The topological polar surface area (TPSA) is 73.1 Å². The van der Waals surface area contributed by atoms with Crippen LogP contribution < -0.4 is 10.6 Å². The number of pyridine rings is 1. The van der Waals surface area contributed by atoms with Gasteiger partial charge in [0.1, 0.15) is 0 Å². The molecule has 1 aromatic heterocycles. The third kappa shape index (κ3) is 7.30. The molecule has 0 spiro atoms. The first kappa shape index (κ1) is 15.9. The summed E-state index contributed by atoms with van der Waals surface area (Å²) in [5, 5.41) is 14.2. The molecule has 0 saturated heterocycles. The summed E-state index contributed by atoms with van der Waals surface area (Å²) < 4.78 is 0. The molecule has 0 atom stereocenters. The Labute approximate surface area is 123 Å². The Morgan fingerprint density at radius 2 is 2.40 bits per heavy atom. The summed E-state index contributed by atoms with van der Waals surface area (Å²) in [4.78, 5) is 8.42. The van der Waals surface area contributed by atoms with Gasteiger partial charge in [0.05, 0.1) is 12.2 Å². The van der Waals surface area contributed by atoms with Crippen LogP contribution in [0.5, 0.6) is 0 Å². The highest BCUT2D eigenvalue weighted by atomic mass is 32.2. The zero-order valence-electron chi connectivity index (χ0n) is 11.2. The number of aliphatic imine (C=N–C) groups is 1. The molecule has 5 nitrogen and oxygen atoms in total. The predicted molar refractivity (Wildman–Crippen MR) is 82.9 cm³/mol. The number of nitrogens with one attached hydrogen (secondary N) is 2. The maximum atomic E-state index is 8.61. The Morgan fingerprint density at radius 3 is 3.10 bits per heavy atom. The van der Waals surface area contributed by atoms with Crippen molar-refractivity contribution in [2.45, 2.75) is 12.2 Å². The van der Waals surface area contributed by atoms with Crippen molar-refractivity contribution in [3.05, 3.63) is 30.1 Å². The Bertz CT molecular complexity index is 487. The summed E-state index contributed by atoms with van der Waals surface area (Å²) in [6.45, 7) is 1.23. The first-order chi connectivity index (χ1) is 9.86. The molecule has 0 fully saturated rings. The smallest absolute Gasteiger partial charge is 0.204 e. The van der Waals surface area contributed by atoms with E-state index in [1.165, 1.54) is 0 Å². The predicted octanol–water partition coefficient (Wildman–Crippen LogP) is 1.35. The zero-order chi connectivity index (χ0) is 14.5. The van der Waals surface area contributed by atoms with Crippen molar-refractivity contribution in [2.75, 3.05) is 18.8 Å². The average molecular weight is 287 g/mol. The van der Waals surface area contributed by atoms with E-state index in [2.05, 4.69) is 26.5 Å². The summed E-state index contributed by atoms with van der Waals surface area (Å²) in [5.74, 6) is 4.75. The molecule has 1 rings (SSSR count). The molecule has 20 heavy (non-hydrogen) atoms. The van der Waals surface area contributed by atoms with E-state index in [1.807, 2.05) is 24.4 Å². The number of rotatable bonds is 7. The SMILES string of the molecule is C#CCCN=C(NC#N)NCCSCc1ccccn1. The van der Waals surface area contributed by atoms with Crippen molar-refractivity contribution in [1.29, 1.82) is 5.26 Å². The van der Waals surface area contributed by atoms with Crippen LogP contribution in [0.15, 0.2) is 29.4 Å². The van der Waals surface area contributed by atoms with Gasteiger partial charge in [0.15, 0.2) is 6.19 Å². The van der Waals surface area contributed by atoms with Crippen LogP contribution in [0.4, 0.5) is 0 Å². The molecule has 104 valence electrons. The third-order valence-corrected chi connectivity index (χ3v) is 3.21. The van der Waals surface area contributed by atoms with Crippen molar-refractivity contribution in [1.82, 2.24) is 15.6 Å². The van der Waals surface area contributed by atoms with Crippen molar-refractivity contribution in [3.8, 4) is 18.5 Å². The lowest BCUT2D eigenvalue weighted by molar-refractivity contribution is 0.903. The molecule has 0 radical (unpaired) electrons. The van der Waals surface area contributed by atoms with Crippen molar-refractivity contribution in [2.24, 2.45) is 4.99 Å². The Kier molecular flexibility index (Phi) is 8.51. The van der Waals surface area contributed by atoms with E-state index in [0.29, 0.717) is 18.9 Å². The number of aromatic nitrogens is 1. The molecule has 1 aromatic rings. The fourth-order valence-electron chi connectivity index (χ4n) is 1.33. The number of hydrogen-bond acceptors (Lipinski definition) is 4. The average Bonchev–Trinajstić information content (AvgIpc) is 2.48. The molecule has 6 heteroatoms. The molecule has 0 amide bonds. The van der Waals surface area contributed by atoms with Crippen LogP contribution >= 0.6 is 11.8 Å². The molecule has 0 aliphatic carbocycles. The van der Waals surface area contributed by atoms with Gasteiger partial charge < -0.3 is 5.32 Å². The minimum absolute atomic E-state index is 0.473. The zero-order valence-corrected chi connectivity index (χ0v) is 12.0. The summed E-state index contributed by atoms with van der Waals surface area (Å²) >= 11 is 1.77. The largest absolute Gasteiger partial charge is 0.355 e. The van der Waals surface area contributed by atoms with Gasteiger partial charge in [-0.2, -0.15) is 17.0 Å². The quantitative estimate of drug-likeness (QED) is 0.198. The molecule has 0 aliphatic heterocycles. The van der Waals surface area contributed by atoms with Crippen LogP contribution in [-0.4, -0.2) is 29.8 Å². The molecule has 2 N–H and O–H groups in total. The molecule has 1 heterocycles. The second-order valence-corrected chi connectivity index (χ2v) is 4.83. The van der Waals surface area contributed by atoms with E-state index in [1.54, 1.807) is 18.0 Å². The molecule has 0 aromatic carbocycles. The molecule has 0 aliphatic rings. The maximum Gasteiger partial charge on any atom is 0.204 e. The molecule has 0 unspecified atom stereocenters. The van der Waals surface area contributed by atoms with Crippen molar-refractivity contribution < 1.29 is 0 Å². The fourth-order valence-corrected chi connectivity index (χ4v) is 2.10. The van der Waals surface area contributed by atoms with E-state index in [0.717, 1.165) is 23.7 Å². The number of terminal acetylenes is 1. The van der Waals surface area contributed by atoms with E-state index >= 15 is 0 Å². The minimum atomic E-state index is 0.473. The van der Waals surface area contributed by atoms with Crippen LogP contribution in [0.25, 0.3) is 0 Å². The third-order valence-electron chi connectivity index (χ3n) is 2.22. The van der Waals surface area contributed by atoms with Crippen LogP contribution in [0.2, 0.25) is 0 Å². The second-order valence-electron chi connectivity index (χ2n) is 3.72. The number of nitrogens with zero attached hydrogens (tertiary/aromatic N) is 3. The van der Waals surface area contributed by atoms with Gasteiger partial charge in [-0.05, 0) is 12.1 Å². The second kappa shape index (κ2) is 10.7. The highest BCUT2D eigenvalue weighted by molar-refractivity contribution is 7.98. The van der Waals surface area contributed by atoms with E-state index < -0.39 is 0 Å². The van der Waals surface area contributed by atoms with Gasteiger partial charge in [0.25, 0.3) is 0 Å². The highest BCUT2D eigenvalue weighted by Crippen LogP contribution is 2.07. The van der Waals surface area contributed by atoms with Crippen LogP contribution in [0.3, 0.4) is 0 Å². The van der Waals surface area contributed by atoms with E-state index in [4.69, 9.17) is 11.7 Å². The fraction of sp³-hybridized carbons (Fsp3) is 0.357. The minimum Gasteiger partial charge on any atom is -0.355 e. The standard InChI is InChI=1S/C14H17N5S/c1-2-3-7-17-14(19-12-15)18-9-10-20-11-13-6-4-5-8-16-13/h1,4-6,8H,3,7,9-11H2,(H2,17,18,19). The Hall–Kier alpha value is -2.18. The first-order valence-corrected chi connectivity index (χ1v) is 7.37. The van der Waals surface area contributed by atoms with Crippen LogP contribution in [0.1, 0.15) is 12.1 Å². The summed E-state index contributed by atoms with van der Waals surface area (Å²) in [7, 11) is 0. The highest BCUT2D eigenvalue weighted by Gasteiger charge is 1.97. The number of thioether (sulfide) groups is 1. The molecular weight excluding hydrogens is 270 g/mol. The van der Waals surface area contributed by atoms with E-state index in [9.17, 15) is 0 Å². The van der Waals surface area contributed by atoms with E-state index in [-0.39, 0.29) is 0 Å². The number of guanidine groups is 1. The lowest BCUT2D eigenvalue weighted by Crippen LogP contribution is -2.36. The summed E-state index contributed by atoms with van der Waals surface area (Å²) in [6, 6.07) is 5.89. The van der Waals surface area contributed by atoms with Gasteiger partial charge in [-0.1, -0.05) is 6.07 Å². The monoisotopic (exact) mass is 287 g/mol. The molecule has 0 saturated carbocycles. The van der Waals surface area contributed by atoms with Gasteiger partial charge in [-0.15, -0.1) is 12.3 Å². The normalized spacial score (nSPS) is 10.4. The summed E-state index contributed by atoms with van der Waals surface area (Å²) in [5.41, 5.74) is 1.07. The van der Waals surface area contributed by atoms with Gasteiger partial charge in [-0.3, -0.25) is 15.3 Å². The number of nitriles is 1. The van der Waals surface area contributed by atoms with Gasteiger partial charge in [0, 0.05) is 30.7 Å². The first-order valence-electron chi connectivity index (χ1n) is 6.21. The van der Waals surface area contributed by atoms with Gasteiger partial charge in [-0.25, -0.2) is 0 Å². The summed E-state index contributed by atoms with van der Waals surface area (Å²) in [6.07, 6.45) is 9.35. The van der Waals surface area contributed by atoms with Gasteiger partial charge in [0.2, 0.25) is 5.96 Å².